The summed E-state index contributed by atoms with van der Waals surface area (Å²) in [4.78, 5) is 0. The van der Waals surface area contributed by atoms with Crippen molar-refractivity contribution in [2.24, 2.45) is 0 Å². The first-order valence-corrected chi connectivity index (χ1v) is 3.38. The van der Waals surface area contributed by atoms with Gasteiger partial charge in [0.1, 0.15) is 5.75 Å². The minimum Gasteiger partial charge on any atom is -0.495 e. The molecular formula is C7H8BrNO. The Balaban J connectivity index is 3.56. The maximum absolute atomic E-state index is 7.52. The predicted molar refractivity (Wildman–Crippen MR) is 45.1 cm³/mol. The normalized spacial score (nSPS) is 13.6. The molecule has 0 saturated carbocycles. The summed E-state index contributed by atoms with van der Waals surface area (Å²) in [5.74, 6) is 0.132. The molecule has 0 aliphatic heterocycles. The summed E-state index contributed by atoms with van der Waals surface area (Å²) in [5, 5.41) is 0. The molecule has 1 aromatic carbocycles. The van der Waals surface area contributed by atoms with Gasteiger partial charge in [0.15, 0.2) is 0 Å². The minimum atomic E-state index is -0.125. The average molecular weight is 205 g/mol. The van der Waals surface area contributed by atoms with Gasteiger partial charge in [0.25, 0.3) is 0 Å². The van der Waals surface area contributed by atoms with Crippen molar-refractivity contribution in [1.29, 1.82) is 0 Å². The highest BCUT2D eigenvalue weighted by Crippen LogP contribution is 2.24. The zero-order valence-corrected chi connectivity index (χ0v) is 6.95. The van der Waals surface area contributed by atoms with Crippen LogP contribution in [0.2, 0.25) is 0 Å². The average Bonchev–Trinajstić information content (AvgIpc) is 2.13. The number of nitrogen functional groups attached to an aromatic ring is 1. The molecule has 2 nitrogen and oxygen atoms in total. The molecule has 0 aliphatic rings. The second kappa shape index (κ2) is 2.92. The van der Waals surface area contributed by atoms with Crippen LogP contribution < -0.4 is 10.5 Å². The van der Waals surface area contributed by atoms with E-state index >= 15 is 0 Å². The number of nitrogens with two attached hydrogens (primary N) is 1. The Morgan fingerprint density at radius 2 is 2.40 bits per heavy atom. The molecular weight excluding hydrogens is 194 g/mol. The zero-order chi connectivity index (χ0) is 10.2. The van der Waals surface area contributed by atoms with Crippen LogP contribution in [0.25, 0.3) is 0 Å². The van der Waals surface area contributed by atoms with Crippen molar-refractivity contribution < 1.29 is 8.85 Å². The molecule has 0 unspecified atom stereocenters. The van der Waals surface area contributed by atoms with Gasteiger partial charge in [-0.15, -0.1) is 0 Å². The topological polar surface area (TPSA) is 35.2 Å². The first-order chi connectivity index (χ1) is 6.00. The SMILES string of the molecule is [2H]c1c([2H])c(Br)c([2H])c(OC)c1N. The molecule has 0 radical (unpaired) electrons. The predicted octanol–water partition coefficient (Wildman–Crippen LogP) is 2.04. The molecule has 0 fully saturated rings. The number of benzene rings is 1. The third-order valence-electron chi connectivity index (χ3n) is 0.979. The lowest BCUT2D eigenvalue weighted by Crippen LogP contribution is -1.90. The third kappa shape index (κ3) is 1.42. The smallest absolute Gasteiger partial charge is 0.142 e. The Hall–Kier alpha value is -0.700. The van der Waals surface area contributed by atoms with Crippen LogP contribution in [-0.2, 0) is 0 Å². The van der Waals surface area contributed by atoms with Gasteiger partial charge in [0.05, 0.1) is 16.9 Å². The molecule has 0 saturated heterocycles. The van der Waals surface area contributed by atoms with E-state index in [4.69, 9.17) is 14.6 Å². The second-order valence-electron chi connectivity index (χ2n) is 1.64. The second-order valence-corrected chi connectivity index (χ2v) is 2.43. The van der Waals surface area contributed by atoms with E-state index in [9.17, 15) is 0 Å². The van der Waals surface area contributed by atoms with Crippen LogP contribution in [0.4, 0.5) is 5.69 Å². The Morgan fingerprint density at radius 3 is 3.00 bits per heavy atom. The van der Waals surface area contributed by atoms with E-state index in [-0.39, 0.29) is 34.0 Å². The van der Waals surface area contributed by atoms with Crippen molar-refractivity contribution in [1.82, 2.24) is 0 Å². The highest BCUT2D eigenvalue weighted by Gasteiger charge is 1.96. The van der Waals surface area contributed by atoms with E-state index in [1.54, 1.807) is 0 Å². The minimum absolute atomic E-state index is 0.000926. The molecule has 10 heavy (non-hydrogen) atoms. The van der Waals surface area contributed by atoms with Crippen LogP contribution in [0.3, 0.4) is 0 Å². The van der Waals surface area contributed by atoms with Gasteiger partial charge < -0.3 is 10.5 Å². The summed E-state index contributed by atoms with van der Waals surface area (Å²) >= 11 is 3.03. The van der Waals surface area contributed by atoms with E-state index in [1.807, 2.05) is 0 Å². The first kappa shape index (κ1) is 4.23. The van der Waals surface area contributed by atoms with Crippen LogP contribution in [0.1, 0.15) is 4.11 Å². The van der Waals surface area contributed by atoms with E-state index in [1.165, 1.54) is 7.11 Å². The summed E-state index contributed by atoms with van der Waals surface area (Å²) in [6.45, 7) is 0. The van der Waals surface area contributed by atoms with E-state index in [0.29, 0.717) is 0 Å². The standard InChI is InChI=1S/C7H8BrNO/c1-10-7-4-5(8)2-3-6(7)9/h2-4H,9H2,1H3/i2D,3D,4D. The molecule has 0 atom stereocenters. The molecule has 0 aromatic heterocycles. The molecule has 0 spiro atoms. The molecule has 0 bridgehead atoms. The number of halogens is 1. The largest absolute Gasteiger partial charge is 0.495 e. The first-order valence-electron chi connectivity index (χ1n) is 4.09. The van der Waals surface area contributed by atoms with Crippen molar-refractivity contribution in [3.05, 3.63) is 22.6 Å². The molecule has 0 amide bonds. The molecule has 3 heteroatoms. The summed E-state index contributed by atoms with van der Waals surface area (Å²) in [7, 11) is 1.37. The fourth-order valence-electron chi connectivity index (χ4n) is 0.538. The number of ether oxygens (including phenoxy) is 1. The lowest BCUT2D eigenvalue weighted by molar-refractivity contribution is 0.416. The summed E-state index contributed by atoms with van der Waals surface area (Å²) < 4.78 is 27.4. The number of hydrogen-bond donors (Lipinski definition) is 1. The van der Waals surface area contributed by atoms with Crippen LogP contribution in [0.15, 0.2) is 22.6 Å². The third-order valence-corrected chi connectivity index (χ3v) is 1.38. The van der Waals surface area contributed by atoms with Crippen LogP contribution in [-0.4, -0.2) is 7.11 Å². The van der Waals surface area contributed by atoms with Crippen molar-refractivity contribution in [2.45, 2.75) is 0 Å². The van der Waals surface area contributed by atoms with Crippen molar-refractivity contribution in [3.8, 4) is 5.75 Å². The number of hydrogen-bond acceptors (Lipinski definition) is 2. The molecule has 1 rings (SSSR count). The van der Waals surface area contributed by atoms with E-state index in [2.05, 4.69) is 15.9 Å². The maximum Gasteiger partial charge on any atom is 0.142 e. The van der Waals surface area contributed by atoms with Crippen LogP contribution in [0.5, 0.6) is 5.75 Å². The summed E-state index contributed by atoms with van der Waals surface area (Å²) in [6.07, 6.45) is 0. The highest BCUT2D eigenvalue weighted by atomic mass is 79.9. The van der Waals surface area contributed by atoms with Gasteiger partial charge in [0, 0.05) is 4.47 Å². The number of methoxy groups -OCH3 is 1. The zero-order valence-electron chi connectivity index (χ0n) is 8.36. The molecule has 54 valence electrons. The lowest BCUT2D eigenvalue weighted by Gasteiger charge is -2.02. The quantitative estimate of drug-likeness (QED) is 0.712. The molecule has 2 N–H and O–H groups in total. The van der Waals surface area contributed by atoms with Crippen LogP contribution >= 0.6 is 15.9 Å². The fourth-order valence-corrected chi connectivity index (χ4v) is 0.817. The Kier molecular flexibility index (Phi) is 1.24. The molecule has 0 aliphatic carbocycles. The maximum atomic E-state index is 7.52. The van der Waals surface area contributed by atoms with Crippen molar-refractivity contribution in [3.63, 3.8) is 0 Å². The van der Waals surface area contributed by atoms with Gasteiger partial charge in [-0.3, -0.25) is 0 Å². The monoisotopic (exact) mass is 204 g/mol. The fraction of sp³-hybridized carbons (Fsp3) is 0.143. The summed E-state index contributed by atoms with van der Waals surface area (Å²) in [6, 6.07) is -0.218. The molecule has 1 aromatic rings. The van der Waals surface area contributed by atoms with Gasteiger partial charge in [-0.25, -0.2) is 0 Å². The summed E-state index contributed by atoms with van der Waals surface area (Å²) in [5.41, 5.74) is 5.52. The van der Waals surface area contributed by atoms with E-state index in [0.717, 1.165) is 0 Å². The highest BCUT2D eigenvalue weighted by molar-refractivity contribution is 9.10. The number of anilines is 1. The Bertz CT molecular complexity index is 327. The van der Waals surface area contributed by atoms with Crippen LogP contribution in [0, 0.1) is 0 Å². The van der Waals surface area contributed by atoms with Gasteiger partial charge in [-0.05, 0) is 18.1 Å². The van der Waals surface area contributed by atoms with Gasteiger partial charge in [-0.2, -0.15) is 0 Å². The van der Waals surface area contributed by atoms with Gasteiger partial charge in [-0.1, -0.05) is 15.9 Å². The lowest BCUT2D eigenvalue weighted by atomic mass is 10.3. The van der Waals surface area contributed by atoms with E-state index < -0.39 is 0 Å². The van der Waals surface area contributed by atoms with Gasteiger partial charge >= 0.3 is 0 Å². The van der Waals surface area contributed by atoms with Crippen molar-refractivity contribution in [2.75, 3.05) is 12.8 Å². The molecule has 0 heterocycles. The van der Waals surface area contributed by atoms with Crippen molar-refractivity contribution >= 4 is 21.6 Å². The number of rotatable bonds is 1. The Morgan fingerprint density at radius 1 is 1.70 bits per heavy atom. The van der Waals surface area contributed by atoms with Gasteiger partial charge in [0.2, 0.25) is 0 Å². The Labute approximate surface area is 72.3 Å².